The SMILES string of the molecule is Cc1ccc(N2CC(C(=O)Nc3ccc(NC(=O)C(C)C)cc3)CC2=O)cc1. The summed E-state index contributed by atoms with van der Waals surface area (Å²) >= 11 is 0. The summed E-state index contributed by atoms with van der Waals surface area (Å²) in [6.07, 6.45) is 0.197. The first kappa shape index (κ1) is 19.6. The van der Waals surface area contributed by atoms with Crippen LogP contribution in [0.15, 0.2) is 48.5 Å². The van der Waals surface area contributed by atoms with Crippen LogP contribution < -0.4 is 15.5 Å². The summed E-state index contributed by atoms with van der Waals surface area (Å²) in [7, 11) is 0. The Bertz CT molecular complexity index is 873. The molecule has 1 heterocycles. The van der Waals surface area contributed by atoms with Crippen molar-refractivity contribution in [1.29, 1.82) is 0 Å². The molecule has 2 aromatic carbocycles. The molecule has 2 aromatic rings. The van der Waals surface area contributed by atoms with Crippen molar-refractivity contribution in [2.24, 2.45) is 11.8 Å². The fraction of sp³-hybridized carbons (Fsp3) is 0.318. The van der Waals surface area contributed by atoms with E-state index >= 15 is 0 Å². The Morgan fingerprint density at radius 1 is 0.964 bits per heavy atom. The summed E-state index contributed by atoms with van der Waals surface area (Å²) in [6, 6.07) is 14.7. The van der Waals surface area contributed by atoms with Crippen molar-refractivity contribution in [3.8, 4) is 0 Å². The van der Waals surface area contributed by atoms with Crippen LogP contribution in [0.4, 0.5) is 17.1 Å². The minimum absolute atomic E-state index is 0.0456. The average Bonchev–Trinajstić information content (AvgIpc) is 3.05. The van der Waals surface area contributed by atoms with Crippen LogP contribution in [-0.2, 0) is 14.4 Å². The van der Waals surface area contributed by atoms with Gasteiger partial charge in [0.2, 0.25) is 17.7 Å². The second-order valence-electron chi connectivity index (χ2n) is 7.45. The van der Waals surface area contributed by atoms with E-state index in [4.69, 9.17) is 0 Å². The zero-order chi connectivity index (χ0) is 20.3. The molecule has 1 aliphatic rings. The number of carbonyl (C=O) groups excluding carboxylic acids is 3. The van der Waals surface area contributed by atoms with Crippen molar-refractivity contribution in [2.75, 3.05) is 22.1 Å². The number of anilines is 3. The molecule has 0 radical (unpaired) electrons. The smallest absolute Gasteiger partial charge is 0.229 e. The van der Waals surface area contributed by atoms with Gasteiger partial charge in [0.15, 0.2) is 0 Å². The molecular formula is C22H25N3O3. The van der Waals surface area contributed by atoms with Crippen LogP contribution in [0.1, 0.15) is 25.8 Å². The first-order chi connectivity index (χ1) is 13.3. The lowest BCUT2D eigenvalue weighted by molar-refractivity contribution is -0.122. The van der Waals surface area contributed by atoms with Crippen molar-refractivity contribution in [3.05, 3.63) is 54.1 Å². The first-order valence-electron chi connectivity index (χ1n) is 9.42. The molecule has 2 N–H and O–H groups in total. The minimum Gasteiger partial charge on any atom is -0.326 e. The second kappa shape index (κ2) is 8.25. The lowest BCUT2D eigenvalue weighted by Gasteiger charge is -2.17. The summed E-state index contributed by atoms with van der Waals surface area (Å²) in [5, 5.41) is 5.67. The maximum atomic E-state index is 12.6. The summed E-state index contributed by atoms with van der Waals surface area (Å²) < 4.78 is 0. The number of nitrogens with zero attached hydrogens (tertiary/aromatic N) is 1. The molecule has 1 fully saturated rings. The van der Waals surface area contributed by atoms with Crippen molar-refractivity contribution in [2.45, 2.75) is 27.2 Å². The number of amides is 3. The molecule has 0 bridgehead atoms. The summed E-state index contributed by atoms with van der Waals surface area (Å²) in [5.41, 5.74) is 3.25. The predicted octanol–water partition coefficient (Wildman–Crippen LogP) is 3.58. The van der Waals surface area contributed by atoms with Crippen molar-refractivity contribution >= 4 is 34.8 Å². The number of aryl methyl sites for hydroxylation is 1. The molecule has 1 aliphatic heterocycles. The van der Waals surface area contributed by atoms with E-state index in [0.29, 0.717) is 17.9 Å². The molecule has 3 amide bonds. The van der Waals surface area contributed by atoms with E-state index in [2.05, 4.69) is 10.6 Å². The molecule has 0 saturated carbocycles. The molecule has 3 rings (SSSR count). The Kier molecular flexibility index (Phi) is 5.78. The Balaban J connectivity index is 1.60. The predicted molar refractivity (Wildman–Crippen MR) is 110 cm³/mol. The summed E-state index contributed by atoms with van der Waals surface area (Å²) in [4.78, 5) is 38.3. The normalized spacial score (nSPS) is 16.4. The summed E-state index contributed by atoms with van der Waals surface area (Å²) in [5.74, 6) is -0.778. The highest BCUT2D eigenvalue weighted by Gasteiger charge is 2.35. The Hall–Kier alpha value is -3.15. The van der Waals surface area contributed by atoms with Crippen LogP contribution in [0.3, 0.4) is 0 Å². The minimum atomic E-state index is -0.394. The molecule has 0 aliphatic carbocycles. The first-order valence-corrected chi connectivity index (χ1v) is 9.42. The van der Waals surface area contributed by atoms with E-state index in [1.807, 2.05) is 45.0 Å². The molecule has 146 valence electrons. The zero-order valence-electron chi connectivity index (χ0n) is 16.4. The third-order valence-electron chi connectivity index (χ3n) is 4.79. The lowest BCUT2D eigenvalue weighted by Crippen LogP contribution is -2.28. The molecular weight excluding hydrogens is 354 g/mol. The van der Waals surface area contributed by atoms with Gasteiger partial charge in [-0.15, -0.1) is 0 Å². The lowest BCUT2D eigenvalue weighted by atomic mass is 10.1. The van der Waals surface area contributed by atoms with Gasteiger partial charge >= 0.3 is 0 Å². The van der Waals surface area contributed by atoms with Crippen molar-refractivity contribution in [3.63, 3.8) is 0 Å². The number of rotatable bonds is 5. The Morgan fingerprint density at radius 2 is 1.54 bits per heavy atom. The van der Waals surface area contributed by atoms with Gasteiger partial charge in [0.05, 0.1) is 5.92 Å². The third kappa shape index (κ3) is 4.57. The molecule has 6 heteroatoms. The fourth-order valence-electron chi connectivity index (χ4n) is 3.03. The Morgan fingerprint density at radius 3 is 2.11 bits per heavy atom. The molecule has 28 heavy (non-hydrogen) atoms. The van der Waals surface area contributed by atoms with Gasteiger partial charge in [-0.25, -0.2) is 0 Å². The van der Waals surface area contributed by atoms with Crippen LogP contribution >= 0.6 is 0 Å². The highest BCUT2D eigenvalue weighted by atomic mass is 16.2. The number of hydrogen-bond donors (Lipinski definition) is 2. The topological polar surface area (TPSA) is 78.5 Å². The molecule has 0 aromatic heterocycles. The van der Waals surface area contributed by atoms with E-state index < -0.39 is 5.92 Å². The van der Waals surface area contributed by atoms with Crippen LogP contribution in [0.25, 0.3) is 0 Å². The van der Waals surface area contributed by atoms with E-state index in [0.717, 1.165) is 11.3 Å². The van der Waals surface area contributed by atoms with Crippen LogP contribution in [-0.4, -0.2) is 24.3 Å². The van der Waals surface area contributed by atoms with Gasteiger partial charge in [-0.05, 0) is 43.3 Å². The highest BCUT2D eigenvalue weighted by Crippen LogP contribution is 2.26. The number of benzene rings is 2. The van der Waals surface area contributed by atoms with Gasteiger partial charge in [0.1, 0.15) is 0 Å². The number of carbonyl (C=O) groups is 3. The van der Waals surface area contributed by atoms with Crippen LogP contribution in [0, 0.1) is 18.8 Å². The molecule has 1 saturated heterocycles. The molecule has 0 spiro atoms. The van der Waals surface area contributed by atoms with Crippen LogP contribution in [0.2, 0.25) is 0 Å². The van der Waals surface area contributed by atoms with E-state index in [-0.39, 0.29) is 30.1 Å². The van der Waals surface area contributed by atoms with E-state index in [1.54, 1.807) is 29.2 Å². The summed E-state index contributed by atoms with van der Waals surface area (Å²) in [6.45, 7) is 6.01. The van der Waals surface area contributed by atoms with Gasteiger partial charge in [-0.3, -0.25) is 14.4 Å². The van der Waals surface area contributed by atoms with Crippen molar-refractivity contribution in [1.82, 2.24) is 0 Å². The maximum absolute atomic E-state index is 12.6. The van der Waals surface area contributed by atoms with Gasteiger partial charge in [0.25, 0.3) is 0 Å². The highest BCUT2D eigenvalue weighted by molar-refractivity contribution is 6.03. The Labute approximate surface area is 164 Å². The third-order valence-corrected chi connectivity index (χ3v) is 4.79. The second-order valence-corrected chi connectivity index (χ2v) is 7.45. The van der Waals surface area contributed by atoms with Crippen LogP contribution in [0.5, 0.6) is 0 Å². The monoisotopic (exact) mass is 379 g/mol. The average molecular weight is 379 g/mol. The van der Waals surface area contributed by atoms with Crippen molar-refractivity contribution < 1.29 is 14.4 Å². The standard InChI is InChI=1S/C22H25N3O3/c1-14(2)21(27)23-17-6-8-18(9-7-17)24-22(28)16-12-20(26)25(13-16)19-10-4-15(3)5-11-19/h4-11,14,16H,12-13H2,1-3H3,(H,23,27)(H,24,28). The van der Waals surface area contributed by atoms with Gasteiger partial charge in [-0.1, -0.05) is 31.5 Å². The molecule has 1 unspecified atom stereocenters. The quantitative estimate of drug-likeness (QED) is 0.833. The fourth-order valence-corrected chi connectivity index (χ4v) is 3.03. The molecule has 6 nitrogen and oxygen atoms in total. The number of nitrogens with one attached hydrogen (secondary N) is 2. The van der Waals surface area contributed by atoms with E-state index in [1.165, 1.54) is 0 Å². The zero-order valence-corrected chi connectivity index (χ0v) is 16.4. The van der Waals surface area contributed by atoms with Gasteiger partial charge < -0.3 is 15.5 Å². The maximum Gasteiger partial charge on any atom is 0.229 e. The largest absolute Gasteiger partial charge is 0.326 e. The van der Waals surface area contributed by atoms with Gasteiger partial charge in [-0.2, -0.15) is 0 Å². The molecule has 1 atom stereocenters. The number of hydrogen-bond acceptors (Lipinski definition) is 3. The van der Waals surface area contributed by atoms with Gasteiger partial charge in [0, 0.05) is 35.9 Å². The van der Waals surface area contributed by atoms with E-state index in [9.17, 15) is 14.4 Å².